The smallest absolute Gasteiger partial charge is 0.125 e. The number of hydrogen-bond acceptors (Lipinski definition) is 4. The van der Waals surface area contributed by atoms with E-state index in [9.17, 15) is 5.11 Å². The van der Waals surface area contributed by atoms with Crippen molar-refractivity contribution in [2.45, 2.75) is 59.3 Å². The summed E-state index contributed by atoms with van der Waals surface area (Å²) < 4.78 is 0. The highest BCUT2D eigenvalue weighted by atomic mass is 16.3. The highest BCUT2D eigenvalue weighted by Gasteiger charge is 2.56. The standard InChI is InChI=1S/C23H35N3O/c1-14-5-6-19-18(11-24)20(7-8-22(14,19)3)23(4)10-16-12-25-15(2)26-21(16)9-17(23)13-27/h12,17-20,27H,1,5-11,13,24H2,2-4H3/t17-,18+,19+,20+,22-,23+/m1/s1. The molecule has 3 aliphatic carbocycles. The molecule has 4 nitrogen and oxygen atoms in total. The normalized spacial score (nSPS) is 41.3. The Morgan fingerprint density at radius 3 is 2.78 bits per heavy atom. The molecule has 0 radical (unpaired) electrons. The van der Waals surface area contributed by atoms with Crippen LogP contribution in [0.1, 0.15) is 56.6 Å². The van der Waals surface area contributed by atoms with Gasteiger partial charge >= 0.3 is 0 Å². The number of fused-ring (bicyclic) bond motifs is 2. The molecule has 1 aromatic heterocycles. The summed E-state index contributed by atoms with van der Waals surface area (Å²) in [6.07, 6.45) is 8.61. The molecule has 4 heteroatoms. The molecule has 1 heterocycles. The molecule has 0 amide bonds. The topological polar surface area (TPSA) is 72.0 Å². The first-order valence-corrected chi connectivity index (χ1v) is 10.6. The maximum Gasteiger partial charge on any atom is 0.125 e. The van der Waals surface area contributed by atoms with Gasteiger partial charge in [0, 0.05) is 18.5 Å². The van der Waals surface area contributed by atoms with Crippen molar-refractivity contribution in [3.63, 3.8) is 0 Å². The molecular weight excluding hydrogens is 334 g/mol. The Balaban J connectivity index is 1.70. The Hall–Kier alpha value is -1.26. The average molecular weight is 370 g/mol. The lowest BCUT2D eigenvalue weighted by atomic mass is 9.49. The maximum atomic E-state index is 10.3. The van der Waals surface area contributed by atoms with Crippen molar-refractivity contribution < 1.29 is 5.11 Å². The summed E-state index contributed by atoms with van der Waals surface area (Å²) in [6.45, 7) is 12.1. The molecule has 3 N–H and O–H groups in total. The van der Waals surface area contributed by atoms with E-state index in [0.29, 0.717) is 17.8 Å². The third-order valence-electron chi connectivity index (χ3n) is 8.75. The fourth-order valence-corrected chi connectivity index (χ4v) is 6.94. The molecule has 2 fully saturated rings. The third kappa shape index (κ3) is 2.79. The fraction of sp³-hybridized carbons (Fsp3) is 0.739. The molecular formula is C23H35N3O. The average Bonchev–Trinajstić information content (AvgIpc) is 2.95. The van der Waals surface area contributed by atoms with Crippen LogP contribution < -0.4 is 5.73 Å². The van der Waals surface area contributed by atoms with Gasteiger partial charge in [0.05, 0.1) is 0 Å². The first-order chi connectivity index (χ1) is 12.8. The monoisotopic (exact) mass is 369 g/mol. The minimum absolute atomic E-state index is 0.0512. The van der Waals surface area contributed by atoms with E-state index in [-0.39, 0.29) is 23.4 Å². The molecule has 4 rings (SSSR count). The summed E-state index contributed by atoms with van der Waals surface area (Å²) in [5.41, 5.74) is 10.6. The van der Waals surface area contributed by atoms with Crippen molar-refractivity contribution in [1.82, 2.24) is 9.97 Å². The number of nitrogens with zero attached hydrogens (tertiary/aromatic N) is 2. The van der Waals surface area contributed by atoms with Crippen LogP contribution in [0.4, 0.5) is 0 Å². The summed E-state index contributed by atoms with van der Waals surface area (Å²) in [7, 11) is 0. The van der Waals surface area contributed by atoms with Gasteiger partial charge in [0.25, 0.3) is 0 Å². The number of aliphatic hydroxyl groups excluding tert-OH is 1. The second kappa shape index (κ2) is 6.66. The van der Waals surface area contributed by atoms with E-state index >= 15 is 0 Å². The van der Waals surface area contributed by atoms with E-state index in [4.69, 9.17) is 5.73 Å². The lowest BCUT2D eigenvalue weighted by Crippen LogP contribution is -2.53. The molecule has 0 saturated heterocycles. The number of aromatic nitrogens is 2. The summed E-state index contributed by atoms with van der Waals surface area (Å²) in [5, 5.41) is 10.3. The first kappa shape index (κ1) is 19.1. The van der Waals surface area contributed by atoms with Gasteiger partial charge in [-0.05, 0) is 92.1 Å². The molecule has 0 unspecified atom stereocenters. The van der Waals surface area contributed by atoms with Crippen molar-refractivity contribution in [3.8, 4) is 0 Å². The van der Waals surface area contributed by atoms with Gasteiger partial charge in [-0.3, -0.25) is 0 Å². The predicted molar refractivity (Wildman–Crippen MR) is 108 cm³/mol. The van der Waals surface area contributed by atoms with Crippen molar-refractivity contribution in [3.05, 3.63) is 35.4 Å². The van der Waals surface area contributed by atoms with Gasteiger partial charge in [0.2, 0.25) is 0 Å². The van der Waals surface area contributed by atoms with Gasteiger partial charge in [0.1, 0.15) is 5.82 Å². The van der Waals surface area contributed by atoms with Crippen molar-refractivity contribution in [1.29, 1.82) is 0 Å². The molecule has 0 aromatic carbocycles. The van der Waals surface area contributed by atoms with Crippen LogP contribution in [0.5, 0.6) is 0 Å². The second-order valence-electron chi connectivity index (χ2n) is 9.87. The number of allylic oxidation sites excluding steroid dienone is 1. The lowest BCUT2D eigenvalue weighted by molar-refractivity contribution is -0.0539. The van der Waals surface area contributed by atoms with E-state index < -0.39 is 0 Å². The number of aryl methyl sites for hydroxylation is 1. The minimum Gasteiger partial charge on any atom is -0.396 e. The van der Waals surface area contributed by atoms with Crippen molar-refractivity contribution in [2.75, 3.05) is 13.2 Å². The third-order valence-corrected chi connectivity index (χ3v) is 8.75. The highest BCUT2D eigenvalue weighted by molar-refractivity contribution is 5.27. The van der Waals surface area contributed by atoms with Crippen LogP contribution in [0.15, 0.2) is 18.3 Å². The van der Waals surface area contributed by atoms with Crippen LogP contribution >= 0.6 is 0 Å². The highest BCUT2D eigenvalue weighted by Crippen LogP contribution is 2.62. The zero-order valence-corrected chi connectivity index (χ0v) is 17.2. The van der Waals surface area contributed by atoms with Crippen LogP contribution in [0, 0.1) is 41.4 Å². The van der Waals surface area contributed by atoms with E-state index in [1.54, 1.807) is 0 Å². The molecule has 27 heavy (non-hydrogen) atoms. The minimum atomic E-state index is 0.0512. The van der Waals surface area contributed by atoms with Gasteiger partial charge in [-0.25, -0.2) is 9.97 Å². The Labute approximate surface area is 163 Å². The van der Waals surface area contributed by atoms with Crippen LogP contribution in [0.2, 0.25) is 0 Å². The van der Waals surface area contributed by atoms with E-state index in [2.05, 4.69) is 30.4 Å². The van der Waals surface area contributed by atoms with Crippen LogP contribution in [0.25, 0.3) is 0 Å². The molecule has 148 valence electrons. The predicted octanol–water partition coefficient (Wildman–Crippen LogP) is 3.46. The zero-order valence-electron chi connectivity index (χ0n) is 17.2. The Kier molecular flexibility index (Phi) is 4.71. The van der Waals surface area contributed by atoms with Crippen LogP contribution in [0.3, 0.4) is 0 Å². The van der Waals surface area contributed by atoms with Gasteiger partial charge in [-0.2, -0.15) is 0 Å². The number of aliphatic hydroxyl groups is 1. The molecule has 1 aromatic rings. The Bertz CT molecular complexity index is 747. The molecule has 0 bridgehead atoms. The first-order valence-electron chi connectivity index (χ1n) is 10.6. The Morgan fingerprint density at radius 1 is 1.30 bits per heavy atom. The molecule has 0 spiro atoms. The number of hydrogen-bond donors (Lipinski definition) is 2. The molecule has 2 saturated carbocycles. The van der Waals surface area contributed by atoms with Crippen molar-refractivity contribution >= 4 is 0 Å². The summed E-state index contributed by atoms with van der Waals surface area (Å²) >= 11 is 0. The quantitative estimate of drug-likeness (QED) is 0.801. The van der Waals surface area contributed by atoms with Crippen LogP contribution in [-0.4, -0.2) is 28.2 Å². The van der Waals surface area contributed by atoms with E-state index in [0.717, 1.165) is 37.3 Å². The SMILES string of the molecule is C=C1CC[C@H]2[C@H](CN)[C@@H]([C@@]3(C)Cc4cnc(C)nc4C[C@@H]3CO)CC[C@]12C. The largest absolute Gasteiger partial charge is 0.396 e. The summed E-state index contributed by atoms with van der Waals surface area (Å²) in [6, 6.07) is 0. The number of rotatable bonds is 3. The second-order valence-corrected chi connectivity index (χ2v) is 9.87. The van der Waals surface area contributed by atoms with E-state index in [1.165, 1.54) is 30.4 Å². The maximum absolute atomic E-state index is 10.3. The van der Waals surface area contributed by atoms with E-state index in [1.807, 2.05) is 13.1 Å². The van der Waals surface area contributed by atoms with Gasteiger partial charge < -0.3 is 10.8 Å². The molecule has 0 aliphatic heterocycles. The van der Waals surface area contributed by atoms with Gasteiger partial charge in [0.15, 0.2) is 0 Å². The summed E-state index contributed by atoms with van der Waals surface area (Å²) in [4.78, 5) is 9.13. The fourth-order valence-electron chi connectivity index (χ4n) is 6.94. The van der Waals surface area contributed by atoms with Gasteiger partial charge in [-0.15, -0.1) is 0 Å². The van der Waals surface area contributed by atoms with Crippen LogP contribution in [-0.2, 0) is 12.8 Å². The summed E-state index contributed by atoms with van der Waals surface area (Å²) in [5.74, 6) is 2.76. The lowest BCUT2D eigenvalue weighted by Gasteiger charge is -2.56. The molecule has 6 atom stereocenters. The molecule has 3 aliphatic rings. The zero-order chi connectivity index (χ0) is 19.4. The van der Waals surface area contributed by atoms with Crippen molar-refractivity contribution in [2.24, 2.45) is 40.2 Å². The Morgan fingerprint density at radius 2 is 2.07 bits per heavy atom. The number of nitrogens with two attached hydrogens (primary N) is 1. The van der Waals surface area contributed by atoms with Gasteiger partial charge in [-0.1, -0.05) is 26.0 Å².